The van der Waals surface area contributed by atoms with Gasteiger partial charge in [0.1, 0.15) is 11.0 Å². The molecule has 1 spiro atoms. The van der Waals surface area contributed by atoms with E-state index in [0.717, 1.165) is 49.4 Å². The molecule has 2 aromatic rings. The van der Waals surface area contributed by atoms with E-state index in [4.69, 9.17) is 11.6 Å². The number of para-hydroxylation sites is 1. The van der Waals surface area contributed by atoms with Crippen LogP contribution in [0.3, 0.4) is 0 Å². The molecule has 4 rings (SSSR count). The molecule has 1 amide bonds. The van der Waals surface area contributed by atoms with Crippen molar-refractivity contribution in [3.8, 4) is 0 Å². The molecule has 5 nitrogen and oxygen atoms in total. The van der Waals surface area contributed by atoms with Crippen LogP contribution in [0.15, 0.2) is 36.7 Å². The van der Waals surface area contributed by atoms with Crippen molar-refractivity contribution in [1.82, 2.24) is 9.97 Å². The second-order valence-electron chi connectivity index (χ2n) is 7.00. The number of hydrogen-bond donors (Lipinski definition) is 0. The van der Waals surface area contributed by atoms with Crippen molar-refractivity contribution in [3.05, 3.63) is 47.4 Å². The molecule has 1 atom stereocenters. The Morgan fingerprint density at radius 1 is 1.16 bits per heavy atom. The molecule has 6 heteroatoms. The summed E-state index contributed by atoms with van der Waals surface area (Å²) in [5.41, 5.74) is 1.84. The van der Waals surface area contributed by atoms with E-state index in [1.54, 1.807) is 6.20 Å². The van der Waals surface area contributed by atoms with E-state index >= 15 is 0 Å². The summed E-state index contributed by atoms with van der Waals surface area (Å²) >= 11 is 5.99. The first-order valence-electron chi connectivity index (χ1n) is 8.69. The van der Waals surface area contributed by atoms with Gasteiger partial charge in [-0.05, 0) is 37.8 Å². The Hall–Kier alpha value is -2.14. The average molecular weight is 357 g/mol. The molecule has 25 heavy (non-hydrogen) atoms. The number of aryl methyl sites for hydroxylation is 1. The Bertz CT molecular complexity index is 812. The summed E-state index contributed by atoms with van der Waals surface area (Å²) < 4.78 is 0. The first-order valence-corrected chi connectivity index (χ1v) is 9.07. The number of amides is 1. The van der Waals surface area contributed by atoms with Crippen LogP contribution in [0, 0.1) is 12.3 Å². The van der Waals surface area contributed by atoms with Crippen LogP contribution in [0.4, 0.5) is 11.5 Å². The summed E-state index contributed by atoms with van der Waals surface area (Å²) in [6, 6.07) is 8.10. The van der Waals surface area contributed by atoms with Crippen molar-refractivity contribution >= 4 is 29.0 Å². The zero-order chi connectivity index (χ0) is 17.4. The van der Waals surface area contributed by atoms with Crippen molar-refractivity contribution in [2.24, 2.45) is 5.41 Å². The number of hydrogen-bond acceptors (Lipinski definition) is 4. The maximum atomic E-state index is 13.3. The maximum absolute atomic E-state index is 13.3. The second-order valence-corrected chi connectivity index (χ2v) is 7.39. The number of halogens is 1. The summed E-state index contributed by atoms with van der Waals surface area (Å²) in [4.78, 5) is 25.9. The Labute approximate surface area is 152 Å². The van der Waals surface area contributed by atoms with Crippen LogP contribution in [-0.4, -0.2) is 35.5 Å². The van der Waals surface area contributed by atoms with Crippen LogP contribution in [0.25, 0.3) is 0 Å². The molecule has 1 aromatic heterocycles. The molecule has 0 aliphatic carbocycles. The van der Waals surface area contributed by atoms with E-state index in [2.05, 4.69) is 27.9 Å². The number of anilines is 2. The molecule has 2 saturated heterocycles. The normalized spacial score (nSPS) is 23.5. The monoisotopic (exact) mass is 356 g/mol. The number of nitrogens with zero attached hydrogens (tertiary/aromatic N) is 4. The number of rotatable bonds is 2. The maximum Gasteiger partial charge on any atom is 0.235 e. The lowest BCUT2D eigenvalue weighted by Crippen LogP contribution is -2.48. The van der Waals surface area contributed by atoms with Gasteiger partial charge >= 0.3 is 0 Å². The number of carbonyl (C=O) groups excluding carboxylic acids is 1. The minimum Gasteiger partial charge on any atom is -0.354 e. The molecular weight excluding hydrogens is 336 g/mol. The highest BCUT2D eigenvalue weighted by Gasteiger charge is 2.49. The summed E-state index contributed by atoms with van der Waals surface area (Å²) in [6.45, 7) is 4.40. The van der Waals surface area contributed by atoms with E-state index in [9.17, 15) is 4.79 Å². The predicted octanol–water partition coefficient (Wildman–Crippen LogP) is 3.46. The fourth-order valence-corrected chi connectivity index (χ4v) is 4.25. The van der Waals surface area contributed by atoms with Gasteiger partial charge < -0.3 is 9.80 Å². The van der Waals surface area contributed by atoms with E-state index in [0.29, 0.717) is 11.7 Å². The fraction of sp³-hybridized carbons (Fsp3) is 0.421. The number of aromatic nitrogens is 2. The molecule has 130 valence electrons. The number of carbonyl (C=O) groups is 1. The molecule has 2 aliphatic rings. The lowest BCUT2D eigenvalue weighted by Gasteiger charge is -2.39. The fourth-order valence-electron chi connectivity index (χ4n) is 4.11. The molecule has 0 N–H and O–H groups in total. The van der Waals surface area contributed by atoms with Crippen molar-refractivity contribution in [2.45, 2.75) is 26.2 Å². The Balaban J connectivity index is 1.60. The van der Waals surface area contributed by atoms with Crippen LogP contribution in [-0.2, 0) is 4.79 Å². The molecule has 1 aromatic carbocycles. The first kappa shape index (κ1) is 16.3. The Kier molecular flexibility index (Phi) is 4.12. The lowest BCUT2D eigenvalue weighted by atomic mass is 9.78. The van der Waals surface area contributed by atoms with Gasteiger partial charge in [0.15, 0.2) is 0 Å². The summed E-state index contributed by atoms with van der Waals surface area (Å²) in [7, 11) is 0. The van der Waals surface area contributed by atoms with Gasteiger partial charge in [-0.15, -0.1) is 0 Å². The molecule has 0 saturated carbocycles. The van der Waals surface area contributed by atoms with Crippen LogP contribution < -0.4 is 9.80 Å². The predicted molar refractivity (Wildman–Crippen MR) is 99.1 cm³/mol. The van der Waals surface area contributed by atoms with E-state index in [1.807, 2.05) is 23.1 Å². The third-order valence-corrected chi connectivity index (χ3v) is 5.59. The van der Waals surface area contributed by atoms with Gasteiger partial charge in [-0.2, -0.15) is 0 Å². The highest BCUT2D eigenvalue weighted by atomic mass is 35.5. The minimum atomic E-state index is -0.329. The average Bonchev–Trinajstić information content (AvgIpc) is 2.92. The standard InChI is InChI=1S/C19H21ClN4O/c1-14-5-2-3-6-15(14)24-10-8-19(18(24)25)7-4-9-23(13-19)17-12-21-11-16(20)22-17/h2-3,5-6,11-12H,4,7-10,13H2,1H3/t19-/m1/s1. The van der Waals surface area contributed by atoms with E-state index in [-0.39, 0.29) is 11.3 Å². The van der Waals surface area contributed by atoms with Gasteiger partial charge in [0.2, 0.25) is 5.91 Å². The van der Waals surface area contributed by atoms with Gasteiger partial charge in [-0.25, -0.2) is 4.98 Å². The van der Waals surface area contributed by atoms with Crippen LogP contribution in [0.1, 0.15) is 24.8 Å². The van der Waals surface area contributed by atoms with Crippen molar-refractivity contribution in [2.75, 3.05) is 29.4 Å². The highest BCUT2D eigenvalue weighted by molar-refractivity contribution is 6.29. The molecular formula is C19H21ClN4O. The van der Waals surface area contributed by atoms with Gasteiger partial charge in [-0.3, -0.25) is 9.78 Å². The molecule has 3 heterocycles. The number of benzene rings is 1. The molecule has 0 radical (unpaired) electrons. The topological polar surface area (TPSA) is 49.3 Å². The lowest BCUT2D eigenvalue weighted by molar-refractivity contribution is -0.126. The van der Waals surface area contributed by atoms with E-state index in [1.165, 1.54) is 6.20 Å². The smallest absolute Gasteiger partial charge is 0.235 e. The third-order valence-electron chi connectivity index (χ3n) is 5.41. The van der Waals surface area contributed by atoms with Crippen LogP contribution in [0.2, 0.25) is 5.15 Å². The molecule has 2 aliphatic heterocycles. The van der Waals surface area contributed by atoms with Crippen molar-refractivity contribution in [3.63, 3.8) is 0 Å². The summed E-state index contributed by atoms with van der Waals surface area (Å²) in [6.07, 6.45) is 6.04. The van der Waals surface area contributed by atoms with Gasteiger partial charge in [0, 0.05) is 25.3 Å². The number of piperidine rings is 1. The minimum absolute atomic E-state index is 0.237. The van der Waals surface area contributed by atoms with Gasteiger partial charge in [-0.1, -0.05) is 29.8 Å². The summed E-state index contributed by atoms with van der Waals surface area (Å²) in [5.74, 6) is 0.996. The highest BCUT2D eigenvalue weighted by Crippen LogP contribution is 2.43. The Morgan fingerprint density at radius 3 is 2.80 bits per heavy atom. The zero-order valence-corrected chi connectivity index (χ0v) is 15.0. The summed E-state index contributed by atoms with van der Waals surface area (Å²) in [5, 5.41) is 0.386. The van der Waals surface area contributed by atoms with Crippen molar-refractivity contribution < 1.29 is 4.79 Å². The third kappa shape index (κ3) is 2.86. The van der Waals surface area contributed by atoms with Gasteiger partial charge in [0.05, 0.1) is 17.8 Å². The molecule has 2 fully saturated rings. The Morgan fingerprint density at radius 2 is 2.00 bits per heavy atom. The molecule has 0 unspecified atom stereocenters. The van der Waals surface area contributed by atoms with E-state index < -0.39 is 0 Å². The largest absolute Gasteiger partial charge is 0.354 e. The molecule has 0 bridgehead atoms. The SMILES string of the molecule is Cc1ccccc1N1CC[C@@]2(CCCN(c3cncc(Cl)n3)C2)C1=O. The zero-order valence-electron chi connectivity index (χ0n) is 14.3. The second kappa shape index (κ2) is 6.30. The van der Waals surface area contributed by atoms with Gasteiger partial charge in [0.25, 0.3) is 0 Å². The first-order chi connectivity index (χ1) is 12.1. The van der Waals surface area contributed by atoms with Crippen LogP contribution in [0.5, 0.6) is 0 Å². The van der Waals surface area contributed by atoms with Crippen molar-refractivity contribution in [1.29, 1.82) is 0 Å². The quantitative estimate of drug-likeness (QED) is 0.826. The van der Waals surface area contributed by atoms with Crippen LogP contribution >= 0.6 is 11.6 Å².